The van der Waals surface area contributed by atoms with E-state index in [4.69, 9.17) is 21.7 Å². The monoisotopic (exact) mass is 339 g/mol. The largest absolute Gasteiger partial charge is 0.443 e. The predicted octanol–water partition coefficient (Wildman–Crippen LogP) is 1.59. The van der Waals surface area contributed by atoms with E-state index in [1.807, 2.05) is 0 Å². The van der Waals surface area contributed by atoms with Gasteiger partial charge in [-0.1, -0.05) is 0 Å². The summed E-state index contributed by atoms with van der Waals surface area (Å²) in [5.74, 6) is -0.127. The highest BCUT2D eigenvalue weighted by molar-refractivity contribution is 5.84. The van der Waals surface area contributed by atoms with Crippen molar-refractivity contribution < 1.29 is 14.3 Å². The summed E-state index contributed by atoms with van der Waals surface area (Å²) in [5, 5.41) is 4.80. The zero-order chi connectivity index (χ0) is 18.3. The smallest absolute Gasteiger partial charge is 0.417 e. The van der Waals surface area contributed by atoms with Gasteiger partial charge in [-0.25, -0.2) is 9.69 Å². The summed E-state index contributed by atoms with van der Waals surface area (Å²) in [6.07, 6.45) is 1.93. The molecule has 0 aromatic carbocycles. The van der Waals surface area contributed by atoms with Gasteiger partial charge < -0.3 is 16.2 Å². The number of azide groups is 1. The van der Waals surface area contributed by atoms with Gasteiger partial charge in [0, 0.05) is 12.8 Å². The first-order valence-electron chi connectivity index (χ1n) is 7.69. The Labute approximate surface area is 141 Å². The second kappa shape index (κ2) is 8.53. The number of nitrogens with two attached hydrogens (primary N) is 2. The molecule has 0 spiro atoms. The molecule has 24 heavy (non-hydrogen) atoms. The maximum Gasteiger partial charge on any atom is 0.417 e. The number of carbonyl (C=O) groups is 2. The Kier molecular flexibility index (Phi) is 7.02. The van der Waals surface area contributed by atoms with E-state index in [2.05, 4.69) is 10.1 Å². The van der Waals surface area contributed by atoms with Crippen molar-refractivity contribution in [3.05, 3.63) is 22.3 Å². The number of amides is 1. The third kappa shape index (κ3) is 6.07. The van der Waals surface area contributed by atoms with Crippen LogP contribution in [0.25, 0.3) is 10.4 Å². The molecule has 10 heteroatoms. The minimum atomic E-state index is -0.752. The SMILES string of the molecule is CC(C)(C)OC(=O)N1C=C(C[C@H](N)C(=O)CCCN)N(N=[N+]=[N-])C1. The van der Waals surface area contributed by atoms with Crippen molar-refractivity contribution in [1.82, 2.24) is 9.91 Å². The summed E-state index contributed by atoms with van der Waals surface area (Å²) in [6, 6.07) is -0.752. The van der Waals surface area contributed by atoms with E-state index in [9.17, 15) is 9.59 Å². The fourth-order valence-electron chi connectivity index (χ4n) is 2.05. The summed E-state index contributed by atoms with van der Waals surface area (Å²) in [5.41, 5.74) is 19.8. The quantitative estimate of drug-likeness (QED) is 0.408. The van der Waals surface area contributed by atoms with Gasteiger partial charge in [0.1, 0.15) is 17.1 Å². The van der Waals surface area contributed by atoms with Gasteiger partial charge in [0.2, 0.25) is 0 Å². The van der Waals surface area contributed by atoms with E-state index in [0.29, 0.717) is 25.1 Å². The molecule has 0 fully saturated rings. The Hall–Kier alpha value is -2.29. The van der Waals surface area contributed by atoms with Crippen molar-refractivity contribution in [3.63, 3.8) is 0 Å². The molecule has 4 N–H and O–H groups in total. The number of hydrogen-bond acceptors (Lipinski definition) is 6. The van der Waals surface area contributed by atoms with E-state index >= 15 is 0 Å². The van der Waals surface area contributed by atoms with Gasteiger partial charge in [-0.3, -0.25) is 4.79 Å². The maximum atomic E-state index is 12.1. The molecule has 0 aromatic rings. The number of hydrogen-bond donors (Lipinski definition) is 2. The van der Waals surface area contributed by atoms with Gasteiger partial charge in [0.05, 0.1) is 12.2 Å². The molecule has 10 nitrogen and oxygen atoms in total. The molecule has 1 aliphatic rings. The molecule has 0 aliphatic carbocycles. The molecule has 0 unspecified atom stereocenters. The minimum absolute atomic E-state index is 0.0119. The molecule has 0 bridgehead atoms. The van der Waals surface area contributed by atoms with Crippen molar-refractivity contribution in [3.8, 4) is 0 Å². The summed E-state index contributed by atoms with van der Waals surface area (Å²) in [7, 11) is 0. The number of ether oxygens (including phenoxy) is 1. The van der Waals surface area contributed by atoms with Gasteiger partial charge in [-0.2, -0.15) is 9.92 Å². The lowest BCUT2D eigenvalue weighted by atomic mass is 10.0. The number of Topliss-reactive ketones (excluding diaryl/α,β-unsaturated/α-hetero) is 1. The second-order valence-electron chi connectivity index (χ2n) is 6.46. The van der Waals surface area contributed by atoms with Crippen molar-refractivity contribution in [2.24, 2.45) is 16.7 Å². The average Bonchev–Trinajstić information content (AvgIpc) is 2.86. The Morgan fingerprint density at radius 1 is 1.50 bits per heavy atom. The summed E-state index contributed by atoms with van der Waals surface area (Å²) < 4.78 is 5.27. The standard InChI is InChI=1S/C14H25N7O3/c1-14(2,3)24-13(23)20-8-10(21(9-20)19-18-17)7-11(16)12(22)5-4-6-15/h8,11H,4-7,9,15-16H2,1-3H3/t11-/m0/s1. The average molecular weight is 339 g/mol. The molecular formula is C14H25N7O3. The van der Waals surface area contributed by atoms with Crippen LogP contribution in [0.4, 0.5) is 4.79 Å². The minimum Gasteiger partial charge on any atom is -0.443 e. The maximum absolute atomic E-state index is 12.1. The number of rotatable bonds is 7. The van der Waals surface area contributed by atoms with E-state index in [1.54, 1.807) is 20.8 Å². The highest BCUT2D eigenvalue weighted by Gasteiger charge is 2.33. The third-order valence-electron chi connectivity index (χ3n) is 3.17. The third-order valence-corrected chi connectivity index (χ3v) is 3.17. The first-order chi connectivity index (χ1) is 11.2. The van der Waals surface area contributed by atoms with E-state index in [1.165, 1.54) is 16.1 Å². The Bertz CT molecular complexity index is 549. The lowest BCUT2D eigenvalue weighted by Gasteiger charge is -2.22. The van der Waals surface area contributed by atoms with Crippen molar-refractivity contribution in [2.75, 3.05) is 13.2 Å². The lowest BCUT2D eigenvalue weighted by Crippen LogP contribution is -2.35. The van der Waals surface area contributed by atoms with Crippen LogP contribution in [0.3, 0.4) is 0 Å². The predicted molar refractivity (Wildman–Crippen MR) is 87.9 cm³/mol. The fraction of sp³-hybridized carbons (Fsp3) is 0.714. The molecule has 1 atom stereocenters. The molecule has 1 aliphatic heterocycles. The van der Waals surface area contributed by atoms with Gasteiger partial charge in [-0.15, -0.1) is 5.53 Å². The molecule has 0 radical (unpaired) electrons. The molecule has 1 rings (SSSR count). The van der Waals surface area contributed by atoms with Crippen LogP contribution in [0, 0.1) is 0 Å². The van der Waals surface area contributed by atoms with Crippen LogP contribution < -0.4 is 11.5 Å². The number of nitrogens with zero attached hydrogens (tertiary/aromatic N) is 5. The van der Waals surface area contributed by atoms with E-state index in [0.717, 1.165) is 0 Å². The molecular weight excluding hydrogens is 314 g/mol. The van der Waals surface area contributed by atoms with Crippen LogP contribution >= 0.6 is 0 Å². The van der Waals surface area contributed by atoms with Crippen molar-refractivity contribution in [1.29, 1.82) is 0 Å². The highest BCUT2D eigenvalue weighted by Crippen LogP contribution is 2.23. The van der Waals surface area contributed by atoms with Crippen molar-refractivity contribution >= 4 is 11.9 Å². The zero-order valence-corrected chi connectivity index (χ0v) is 14.3. The van der Waals surface area contributed by atoms with Crippen LogP contribution in [-0.4, -0.2) is 46.6 Å². The molecule has 0 saturated carbocycles. The fourth-order valence-corrected chi connectivity index (χ4v) is 2.05. The van der Waals surface area contributed by atoms with Crippen LogP contribution in [0.15, 0.2) is 17.1 Å². The van der Waals surface area contributed by atoms with Crippen LogP contribution in [0.5, 0.6) is 0 Å². The van der Waals surface area contributed by atoms with Crippen LogP contribution in [0.1, 0.15) is 40.0 Å². The number of carbonyl (C=O) groups excluding carboxylic acids is 2. The Balaban J connectivity index is 2.80. The van der Waals surface area contributed by atoms with Gasteiger partial charge in [0.15, 0.2) is 6.67 Å². The van der Waals surface area contributed by atoms with Gasteiger partial charge in [0.25, 0.3) is 0 Å². The van der Waals surface area contributed by atoms with Crippen LogP contribution in [-0.2, 0) is 9.53 Å². The molecule has 134 valence electrons. The highest BCUT2D eigenvalue weighted by atomic mass is 16.6. The lowest BCUT2D eigenvalue weighted by molar-refractivity contribution is -0.120. The Morgan fingerprint density at radius 2 is 2.17 bits per heavy atom. The zero-order valence-electron chi connectivity index (χ0n) is 14.3. The molecule has 0 aromatic heterocycles. The summed E-state index contributed by atoms with van der Waals surface area (Å²) >= 11 is 0. The van der Waals surface area contributed by atoms with E-state index < -0.39 is 17.7 Å². The Morgan fingerprint density at radius 3 is 2.71 bits per heavy atom. The topological polar surface area (TPSA) is 151 Å². The van der Waals surface area contributed by atoms with E-state index in [-0.39, 0.29) is 18.9 Å². The first kappa shape index (κ1) is 19.8. The van der Waals surface area contributed by atoms with Crippen molar-refractivity contribution in [2.45, 2.75) is 51.7 Å². The second-order valence-corrected chi connectivity index (χ2v) is 6.46. The van der Waals surface area contributed by atoms with Gasteiger partial charge in [-0.05, 0) is 39.0 Å². The molecule has 0 saturated heterocycles. The normalized spacial score (nSPS) is 15.6. The first-order valence-corrected chi connectivity index (χ1v) is 7.69. The molecule has 1 heterocycles. The van der Waals surface area contributed by atoms with Crippen LogP contribution in [0.2, 0.25) is 0 Å². The number of ketones is 1. The summed E-state index contributed by atoms with van der Waals surface area (Å²) in [4.78, 5) is 28.0. The van der Waals surface area contributed by atoms with Gasteiger partial charge >= 0.3 is 6.09 Å². The summed E-state index contributed by atoms with van der Waals surface area (Å²) in [6.45, 7) is 5.69. The molecule has 1 amide bonds.